The van der Waals surface area contributed by atoms with Gasteiger partial charge in [-0.15, -0.1) is 0 Å². The number of hydrogen-bond donors (Lipinski definition) is 2. The van der Waals surface area contributed by atoms with Crippen LogP contribution in [0.25, 0.3) is 0 Å². The van der Waals surface area contributed by atoms with E-state index < -0.39 is 0 Å². The maximum atomic E-state index is 5.27. The average Bonchev–Trinajstić information content (AvgIpc) is 2.54. The zero-order valence-electron chi connectivity index (χ0n) is 17.0. The van der Waals surface area contributed by atoms with E-state index in [0.29, 0.717) is 0 Å². The molecule has 0 unspecified atom stereocenters. The van der Waals surface area contributed by atoms with Crippen molar-refractivity contribution in [3.63, 3.8) is 0 Å². The first-order valence-electron chi connectivity index (χ1n) is 9.44. The lowest BCUT2D eigenvalue weighted by Gasteiger charge is -2.03. The topological polar surface area (TPSA) is 38.0 Å². The van der Waals surface area contributed by atoms with E-state index in [1.54, 1.807) is 0 Å². The maximum Gasteiger partial charge on any atom is 0.0896 e. The SMILES string of the molecule is CC(C)=CCC/C(C)=C/CC/C(C)=C/CC/C(C)=C/CCC(=S)NN. The van der Waals surface area contributed by atoms with E-state index in [0.717, 1.165) is 43.5 Å². The molecule has 0 amide bonds. The van der Waals surface area contributed by atoms with Gasteiger partial charge in [0, 0.05) is 6.42 Å². The number of rotatable bonds is 12. The Morgan fingerprint density at radius 3 is 1.40 bits per heavy atom. The van der Waals surface area contributed by atoms with Gasteiger partial charge in [-0.05, 0) is 79.6 Å². The molecule has 0 aromatic carbocycles. The van der Waals surface area contributed by atoms with Crippen LogP contribution in [-0.4, -0.2) is 4.99 Å². The Balaban J connectivity index is 3.99. The number of hydrogen-bond acceptors (Lipinski definition) is 2. The third-order valence-corrected chi connectivity index (χ3v) is 4.50. The van der Waals surface area contributed by atoms with Gasteiger partial charge in [0.1, 0.15) is 0 Å². The zero-order valence-corrected chi connectivity index (χ0v) is 17.8. The molecule has 0 heterocycles. The molecule has 0 aromatic rings. The van der Waals surface area contributed by atoms with Crippen molar-refractivity contribution in [2.45, 2.75) is 86.0 Å². The lowest BCUT2D eigenvalue weighted by molar-refractivity contribution is 0.894. The molecule has 25 heavy (non-hydrogen) atoms. The van der Waals surface area contributed by atoms with Crippen LogP contribution in [0, 0.1) is 0 Å². The van der Waals surface area contributed by atoms with Crippen molar-refractivity contribution >= 4 is 17.2 Å². The van der Waals surface area contributed by atoms with E-state index in [1.807, 2.05) is 0 Å². The predicted molar refractivity (Wildman–Crippen MR) is 118 cm³/mol. The monoisotopic (exact) mass is 362 g/mol. The largest absolute Gasteiger partial charge is 0.318 e. The first-order valence-corrected chi connectivity index (χ1v) is 9.85. The average molecular weight is 363 g/mol. The third kappa shape index (κ3) is 16.0. The summed E-state index contributed by atoms with van der Waals surface area (Å²) in [6, 6.07) is 0. The highest BCUT2D eigenvalue weighted by atomic mass is 32.1. The Hall–Kier alpha value is -1.19. The van der Waals surface area contributed by atoms with E-state index >= 15 is 0 Å². The molecule has 3 N–H and O–H groups in total. The number of hydrazine groups is 1. The van der Waals surface area contributed by atoms with Gasteiger partial charge >= 0.3 is 0 Å². The van der Waals surface area contributed by atoms with Crippen LogP contribution in [0.5, 0.6) is 0 Å². The predicted octanol–water partition coefficient (Wildman–Crippen LogP) is 6.70. The highest BCUT2D eigenvalue weighted by Crippen LogP contribution is 2.14. The summed E-state index contributed by atoms with van der Waals surface area (Å²) >= 11 is 5.04. The molecule has 0 spiro atoms. The molecule has 0 aromatic heterocycles. The molecular weight excluding hydrogens is 324 g/mol. The van der Waals surface area contributed by atoms with Gasteiger partial charge in [-0.2, -0.15) is 0 Å². The number of allylic oxidation sites excluding steroid dienone is 8. The summed E-state index contributed by atoms with van der Waals surface area (Å²) in [5.41, 5.74) is 8.37. The molecule has 2 nitrogen and oxygen atoms in total. The van der Waals surface area contributed by atoms with Crippen molar-refractivity contribution in [3.8, 4) is 0 Å². The van der Waals surface area contributed by atoms with Gasteiger partial charge in [-0.25, -0.2) is 0 Å². The van der Waals surface area contributed by atoms with Crippen LogP contribution in [0.3, 0.4) is 0 Å². The minimum atomic E-state index is 0.726. The quantitative estimate of drug-likeness (QED) is 0.175. The van der Waals surface area contributed by atoms with Crippen LogP contribution < -0.4 is 11.3 Å². The van der Waals surface area contributed by atoms with Gasteiger partial charge in [0.15, 0.2) is 0 Å². The van der Waals surface area contributed by atoms with E-state index in [-0.39, 0.29) is 0 Å². The second kappa shape index (κ2) is 15.1. The molecule has 0 rings (SSSR count). The summed E-state index contributed by atoms with van der Waals surface area (Å²) in [7, 11) is 0. The summed E-state index contributed by atoms with van der Waals surface area (Å²) in [6.07, 6.45) is 18.1. The fourth-order valence-corrected chi connectivity index (χ4v) is 2.63. The minimum Gasteiger partial charge on any atom is -0.318 e. The van der Waals surface area contributed by atoms with Crippen LogP contribution in [0.1, 0.15) is 86.0 Å². The van der Waals surface area contributed by atoms with Crippen LogP contribution in [0.2, 0.25) is 0 Å². The van der Waals surface area contributed by atoms with E-state index in [4.69, 9.17) is 18.1 Å². The fourth-order valence-electron chi connectivity index (χ4n) is 2.51. The summed E-state index contributed by atoms with van der Waals surface area (Å²) in [5.74, 6) is 5.27. The molecule has 142 valence electrons. The van der Waals surface area contributed by atoms with Crippen molar-refractivity contribution in [1.82, 2.24) is 5.43 Å². The molecule has 0 bridgehead atoms. The lowest BCUT2D eigenvalue weighted by atomic mass is 10.0. The molecule has 0 aliphatic heterocycles. The fraction of sp³-hybridized carbons (Fsp3) is 0.591. The van der Waals surface area contributed by atoms with E-state index in [9.17, 15) is 0 Å². The molecule has 0 aliphatic rings. The van der Waals surface area contributed by atoms with Crippen molar-refractivity contribution in [1.29, 1.82) is 0 Å². The molecule has 0 aliphatic carbocycles. The molecule has 0 fully saturated rings. The summed E-state index contributed by atoms with van der Waals surface area (Å²) in [6.45, 7) is 11.0. The minimum absolute atomic E-state index is 0.726. The normalized spacial score (nSPS) is 13.0. The van der Waals surface area contributed by atoms with E-state index in [1.165, 1.54) is 35.1 Å². The Bertz CT molecular complexity index is 506. The highest BCUT2D eigenvalue weighted by molar-refractivity contribution is 7.80. The van der Waals surface area contributed by atoms with Crippen LogP contribution >= 0.6 is 12.2 Å². The van der Waals surface area contributed by atoms with E-state index in [2.05, 4.69) is 64.3 Å². The smallest absolute Gasteiger partial charge is 0.0896 e. The van der Waals surface area contributed by atoms with Crippen LogP contribution in [0.4, 0.5) is 0 Å². The molecule has 3 heteroatoms. The zero-order chi connectivity index (χ0) is 19.1. The van der Waals surface area contributed by atoms with Crippen molar-refractivity contribution in [2.24, 2.45) is 5.84 Å². The van der Waals surface area contributed by atoms with Crippen LogP contribution in [-0.2, 0) is 0 Å². The van der Waals surface area contributed by atoms with Gasteiger partial charge in [-0.1, -0.05) is 58.8 Å². The van der Waals surface area contributed by atoms with Crippen molar-refractivity contribution in [3.05, 3.63) is 46.6 Å². The summed E-state index contributed by atoms with van der Waals surface area (Å²) in [4.78, 5) is 0.726. The first kappa shape index (κ1) is 23.8. The third-order valence-electron chi connectivity index (χ3n) is 4.18. The molecular formula is C22H38N2S. The van der Waals surface area contributed by atoms with Crippen molar-refractivity contribution in [2.75, 3.05) is 0 Å². The number of nitrogens with two attached hydrogens (primary N) is 1. The molecule has 0 saturated heterocycles. The Labute approximate surface area is 161 Å². The van der Waals surface area contributed by atoms with Gasteiger partial charge in [0.05, 0.1) is 4.99 Å². The summed E-state index contributed by atoms with van der Waals surface area (Å²) < 4.78 is 0. The van der Waals surface area contributed by atoms with Gasteiger partial charge in [0.25, 0.3) is 0 Å². The Morgan fingerprint density at radius 2 is 1.04 bits per heavy atom. The first-order chi connectivity index (χ1) is 11.8. The number of nitrogens with one attached hydrogen (secondary N) is 1. The van der Waals surface area contributed by atoms with Crippen LogP contribution in [0.15, 0.2) is 46.6 Å². The molecule has 0 saturated carbocycles. The standard InChI is InChI=1S/C22H38N2S/c1-18(2)10-6-11-19(3)12-7-13-20(4)14-8-15-21(5)16-9-17-22(25)24-23/h10,12,14,16H,6-9,11,13,15,17,23H2,1-5H3,(H,24,25)/b19-12+,20-14+,21-16+. The second-order valence-corrected chi connectivity index (χ2v) is 7.65. The lowest BCUT2D eigenvalue weighted by Crippen LogP contribution is -2.27. The van der Waals surface area contributed by atoms with Crippen molar-refractivity contribution < 1.29 is 0 Å². The Morgan fingerprint density at radius 1 is 0.680 bits per heavy atom. The second-order valence-electron chi connectivity index (χ2n) is 7.16. The highest BCUT2D eigenvalue weighted by Gasteiger charge is 1.95. The van der Waals surface area contributed by atoms with Gasteiger partial charge in [-0.3, -0.25) is 5.84 Å². The molecule has 0 radical (unpaired) electrons. The number of thiocarbonyl (C=S) groups is 1. The molecule has 0 atom stereocenters. The van der Waals surface area contributed by atoms with Gasteiger partial charge < -0.3 is 5.43 Å². The Kier molecular flexibility index (Phi) is 14.4. The maximum absolute atomic E-state index is 5.27. The van der Waals surface area contributed by atoms with Gasteiger partial charge in [0.2, 0.25) is 0 Å². The summed E-state index contributed by atoms with van der Waals surface area (Å²) in [5, 5.41) is 0.